The maximum absolute atomic E-state index is 13.1. The predicted octanol–water partition coefficient (Wildman–Crippen LogP) is 2.53. The van der Waals surface area contributed by atoms with Crippen LogP contribution in [0.25, 0.3) is 0 Å². The topological polar surface area (TPSA) is 127 Å². The third kappa shape index (κ3) is 4.36. The molecule has 1 aliphatic rings. The van der Waals surface area contributed by atoms with Gasteiger partial charge < -0.3 is 4.74 Å². The Labute approximate surface area is 181 Å². The molecular weight excluding hydrogens is 446 g/mol. The Balaban J connectivity index is 1.87. The van der Waals surface area contributed by atoms with Crippen molar-refractivity contribution in [3.8, 4) is 5.75 Å². The number of ether oxygens (including phenoxy) is 1. The van der Waals surface area contributed by atoms with Crippen molar-refractivity contribution in [1.29, 1.82) is 0 Å². The summed E-state index contributed by atoms with van der Waals surface area (Å²) < 4.78 is 57.7. The average Bonchev–Trinajstić information content (AvgIpc) is 3.11. The van der Waals surface area contributed by atoms with Crippen molar-refractivity contribution in [2.24, 2.45) is 0 Å². The second-order valence-corrected chi connectivity index (χ2v) is 11.1. The second-order valence-electron chi connectivity index (χ2n) is 7.12. The van der Waals surface area contributed by atoms with E-state index in [0.29, 0.717) is 24.2 Å². The molecule has 0 bridgehead atoms. The van der Waals surface area contributed by atoms with Crippen LogP contribution in [0.1, 0.15) is 24.9 Å². The van der Waals surface area contributed by atoms with Crippen LogP contribution in [0, 0.1) is 10.1 Å². The number of anilines is 1. The molecule has 0 saturated carbocycles. The van der Waals surface area contributed by atoms with Crippen LogP contribution in [0.2, 0.25) is 0 Å². The fourth-order valence-corrected chi connectivity index (χ4v) is 6.34. The lowest BCUT2D eigenvalue weighted by Crippen LogP contribution is -2.30. The van der Waals surface area contributed by atoms with Crippen LogP contribution < -0.4 is 9.04 Å². The quantitative estimate of drug-likeness (QED) is 0.450. The number of nitro benzene ring substituents is 1. The van der Waals surface area contributed by atoms with E-state index in [1.54, 1.807) is 31.2 Å². The summed E-state index contributed by atoms with van der Waals surface area (Å²) in [4.78, 5) is 10.3. The van der Waals surface area contributed by atoms with E-state index < -0.39 is 36.7 Å². The molecule has 1 heterocycles. The van der Waals surface area contributed by atoms with Gasteiger partial charge in [0.1, 0.15) is 0 Å². The van der Waals surface area contributed by atoms with Gasteiger partial charge >= 0.3 is 5.69 Å². The summed E-state index contributed by atoms with van der Waals surface area (Å²) in [7, 11) is -4.70. The zero-order valence-corrected chi connectivity index (χ0v) is 18.9. The van der Waals surface area contributed by atoms with E-state index in [9.17, 15) is 26.9 Å². The van der Waals surface area contributed by atoms with Crippen LogP contribution in [0.3, 0.4) is 0 Å². The minimum atomic E-state index is -4.04. The first kappa shape index (κ1) is 23.0. The van der Waals surface area contributed by atoms with E-state index in [2.05, 4.69) is 0 Å². The van der Waals surface area contributed by atoms with Crippen molar-refractivity contribution in [3.63, 3.8) is 0 Å². The number of sulfonamides is 2. The lowest BCUT2D eigenvalue weighted by molar-refractivity contribution is -0.386. The van der Waals surface area contributed by atoms with E-state index in [1.807, 2.05) is 0 Å². The number of rotatable bonds is 7. The van der Waals surface area contributed by atoms with Gasteiger partial charge in [0.2, 0.25) is 20.0 Å². The molecule has 0 N–H and O–H groups in total. The normalized spacial score (nSPS) is 17.0. The lowest BCUT2D eigenvalue weighted by atomic mass is 10.1. The number of hydrogen-bond acceptors (Lipinski definition) is 7. The Hall–Kier alpha value is -2.70. The minimum absolute atomic E-state index is 0.0351. The van der Waals surface area contributed by atoms with Gasteiger partial charge in [0.05, 0.1) is 28.4 Å². The zero-order valence-electron chi connectivity index (χ0n) is 17.3. The summed E-state index contributed by atoms with van der Waals surface area (Å²) >= 11 is 0. The number of nitrogens with zero attached hydrogens (tertiary/aromatic N) is 3. The Kier molecular flexibility index (Phi) is 6.25. The molecular formula is C19H23N3O7S2. The molecule has 1 aliphatic heterocycles. The summed E-state index contributed by atoms with van der Waals surface area (Å²) in [5, 5.41) is 11.2. The predicted molar refractivity (Wildman–Crippen MR) is 115 cm³/mol. The molecule has 2 aromatic rings. The highest BCUT2D eigenvalue weighted by Crippen LogP contribution is 2.33. The molecule has 0 aromatic heterocycles. The van der Waals surface area contributed by atoms with Crippen molar-refractivity contribution in [2.75, 3.05) is 30.8 Å². The monoisotopic (exact) mass is 469 g/mol. The van der Waals surface area contributed by atoms with Crippen LogP contribution in [-0.2, 0) is 20.0 Å². The molecule has 1 unspecified atom stereocenters. The number of nitro groups is 1. The lowest BCUT2D eigenvalue weighted by Gasteiger charge is -2.25. The summed E-state index contributed by atoms with van der Waals surface area (Å²) in [5.41, 5.74) is 0.736. The number of benzene rings is 2. The molecule has 12 heteroatoms. The van der Waals surface area contributed by atoms with Gasteiger partial charge in [-0.15, -0.1) is 0 Å². The van der Waals surface area contributed by atoms with Crippen molar-refractivity contribution in [1.82, 2.24) is 4.31 Å². The van der Waals surface area contributed by atoms with Crippen LogP contribution in [0.4, 0.5) is 11.4 Å². The highest BCUT2D eigenvalue weighted by atomic mass is 32.2. The maximum atomic E-state index is 13.1. The first-order chi connectivity index (χ1) is 14.5. The third-order valence-electron chi connectivity index (χ3n) is 5.33. The molecule has 3 rings (SSSR count). The van der Waals surface area contributed by atoms with Gasteiger partial charge in [0.15, 0.2) is 5.75 Å². The van der Waals surface area contributed by atoms with E-state index >= 15 is 0 Å². The molecule has 0 amide bonds. The maximum Gasteiger partial charge on any atom is 0.312 e. The zero-order chi connectivity index (χ0) is 23.0. The highest BCUT2D eigenvalue weighted by molar-refractivity contribution is 7.93. The van der Waals surface area contributed by atoms with Crippen LogP contribution >= 0.6 is 0 Å². The molecule has 10 nitrogen and oxygen atoms in total. The first-order valence-electron chi connectivity index (χ1n) is 9.40. The molecule has 0 aliphatic carbocycles. The Morgan fingerprint density at radius 1 is 1.19 bits per heavy atom. The standard InChI is InChI=1S/C19H23N3O7S2/c1-14(15-5-7-16(8-6-15)21-11-4-12-30(21,25)26)20(2)31(27,28)17-9-10-19(29-3)18(13-17)22(23)24/h5-10,13-14H,4,11-12H2,1-3H3. The van der Waals surface area contributed by atoms with E-state index in [-0.39, 0.29) is 16.4 Å². The minimum Gasteiger partial charge on any atom is -0.490 e. The van der Waals surface area contributed by atoms with Crippen molar-refractivity contribution in [2.45, 2.75) is 24.3 Å². The molecule has 1 saturated heterocycles. The first-order valence-corrected chi connectivity index (χ1v) is 12.4. The summed E-state index contributed by atoms with van der Waals surface area (Å²) in [5.74, 6) is 0.0762. The van der Waals surface area contributed by atoms with Crippen molar-refractivity contribution in [3.05, 3.63) is 58.1 Å². The van der Waals surface area contributed by atoms with Gasteiger partial charge in [-0.05, 0) is 43.2 Å². The van der Waals surface area contributed by atoms with Crippen molar-refractivity contribution < 1.29 is 26.5 Å². The molecule has 1 atom stereocenters. The largest absolute Gasteiger partial charge is 0.490 e. The SMILES string of the molecule is COc1ccc(S(=O)(=O)N(C)C(C)c2ccc(N3CCCS3(=O)=O)cc2)cc1[N+](=O)[O-]. The van der Waals surface area contributed by atoms with Gasteiger partial charge in [0.25, 0.3) is 0 Å². The summed E-state index contributed by atoms with van der Waals surface area (Å²) in [6.07, 6.45) is 0.565. The number of methoxy groups -OCH3 is 1. The average molecular weight is 470 g/mol. The van der Waals surface area contributed by atoms with Crippen LogP contribution in [0.15, 0.2) is 47.4 Å². The van der Waals surface area contributed by atoms with Gasteiger partial charge in [-0.3, -0.25) is 14.4 Å². The van der Waals surface area contributed by atoms with Gasteiger partial charge in [-0.2, -0.15) is 4.31 Å². The highest BCUT2D eigenvalue weighted by Gasteiger charge is 2.31. The van der Waals surface area contributed by atoms with Crippen LogP contribution in [0.5, 0.6) is 5.75 Å². The number of hydrogen-bond donors (Lipinski definition) is 0. The van der Waals surface area contributed by atoms with Crippen LogP contribution in [-0.4, -0.2) is 52.5 Å². The molecule has 2 aromatic carbocycles. The Morgan fingerprint density at radius 2 is 1.84 bits per heavy atom. The smallest absolute Gasteiger partial charge is 0.312 e. The summed E-state index contributed by atoms with van der Waals surface area (Å²) in [6.45, 7) is 2.10. The fourth-order valence-electron chi connectivity index (χ4n) is 3.41. The summed E-state index contributed by atoms with van der Waals surface area (Å²) in [6, 6.07) is 9.52. The van der Waals surface area contributed by atoms with Gasteiger partial charge in [0, 0.05) is 25.7 Å². The third-order valence-corrected chi connectivity index (χ3v) is 9.13. The molecule has 168 valence electrons. The van der Waals surface area contributed by atoms with E-state index in [4.69, 9.17) is 4.74 Å². The molecule has 0 spiro atoms. The fraction of sp³-hybridized carbons (Fsp3) is 0.368. The van der Waals surface area contributed by atoms with Gasteiger partial charge in [-0.25, -0.2) is 16.8 Å². The Morgan fingerprint density at radius 3 is 2.35 bits per heavy atom. The molecule has 1 fully saturated rings. The van der Waals surface area contributed by atoms with E-state index in [1.165, 1.54) is 30.6 Å². The second kappa shape index (κ2) is 8.44. The van der Waals surface area contributed by atoms with Gasteiger partial charge in [-0.1, -0.05) is 12.1 Å². The van der Waals surface area contributed by atoms with Crippen molar-refractivity contribution >= 4 is 31.4 Å². The van der Waals surface area contributed by atoms with E-state index in [0.717, 1.165) is 10.4 Å². The molecule has 0 radical (unpaired) electrons. The molecule has 31 heavy (non-hydrogen) atoms. The Bertz CT molecular complexity index is 1200.